The van der Waals surface area contributed by atoms with Crippen LogP contribution < -0.4 is 0 Å². The average Bonchev–Trinajstić information content (AvgIpc) is 2.79. The highest BCUT2D eigenvalue weighted by atomic mass is 16.2. The van der Waals surface area contributed by atoms with E-state index in [1.807, 2.05) is 0 Å². The SMILES string of the molecule is OCCCCCCC1CC2C=CC1C2. The van der Waals surface area contributed by atoms with Gasteiger partial charge in [0.05, 0.1) is 0 Å². The minimum Gasteiger partial charge on any atom is -0.396 e. The molecule has 0 aromatic heterocycles. The summed E-state index contributed by atoms with van der Waals surface area (Å²) < 4.78 is 0. The van der Waals surface area contributed by atoms with Crippen molar-refractivity contribution in [2.45, 2.75) is 44.9 Å². The molecule has 0 aromatic rings. The number of unbranched alkanes of at least 4 members (excludes halogenated alkanes) is 3. The van der Waals surface area contributed by atoms with Crippen molar-refractivity contribution < 1.29 is 5.11 Å². The third-order valence-corrected chi connectivity index (χ3v) is 3.90. The van der Waals surface area contributed by atoms with Gasteiger partial charge in [0.25, 0.3) is 0 Å². The lowest BCUT2D eigenvalue weighted by atomic mass is 9.88. The summed E-state index contributed by atoms with van der Waals surface area (Å²) in [6, 6.07) is 0. The molecule has 0 radical (unpaired) electrons. The van der Waals surface area contributed by atoms with Gasteiger partial charge in [0.15, 0.2) is 0 Å². The maximum Gasteiger partial charge on any atom is 0.0431 e. The monoisotopic (exact) mass is 194 g/mol. The van der Waals surface area contributed by atoms with Crippen molar-refractivity contribution in [1.29, 1.82) is 0 Å². The summed E-state index contributed by atoms with van der Waals surface area (Å²) in [7, 11) is 0. The Hall–Kier alpha value is -0.300. The average molecular weight is 194 g/mol. The van der Waals surface area contributed by atoms with Gasteiger partial charge >= 0.3 is 0 Å². The summed E-state index contributed by atoms with van der Waals surface area (Å²) in [5, 5.41) is 8.65. The van der Waals surface area contributed by atoms with Crippen LogP contribution in [0, 0.1) is 17.8 Å². The maximum absolute atomic E-state index is 8.65. The van der Waals surface area contributed by atoms with E-state index in [4.69, 9.17) is 5.11 Å². The zero-order valence-electron chi connectivity index (χ0n) is 8.99. The fourth-order valence-corrected chi connectivity index (χ4v) is 3.10. The van der Waals surface area contributed by atoms with Crippen LogP contribution >= 0.6 is 0 Å². The molecule has 1 fully saturated rings. The van der Waals surface area contributed by atoms with Crippen molar-refractivity contribution in [1.82, 2.24) is 0 Å². The second-order valence-electron chi connectivity index (χ2n) is 4.97. The van der Waals surface area contributed by atoms with Crippen LogP contribution in [0.4, 0.5) is 0 Å². The molecule has 14 heavy (non-hydrogen) atoms. The van der Waals surface area contributed by atoms with Gasteiger partial charge in [-0.3, -0.25) is 0 Å². The topological polar surface area (TPSA) is 20.2 Å². The molecule has 0 spiro atoms. The van der Waals surface area contributed by atoms with Gasteiger partial charge < -0.3 is 5.11 Å². The maximum atomic E-state index is 8.65. The van der Waals surface area contributed by atoms with E-state index in [-0.39, 0.29) is 0 Å². The molecule has 2 bridgehead atoms. The van der Waals surface area contributed by atoms with Gasteiger partial charge in [-0.2, -0.15) is 0 Å². The molecule has 1 heteroatoms. The molecule has 80 valence electrons. The van der Waals surface area contributed by atoms with Crippen molar-refractivity contribution >= 4 is 0 Å². The number of allylic oxidation sites excluding steroid dienone is 2. The predicted octanol–water partition coefficient (Wildman–Crippen LogP) is 3.14. The van der Waals surface area contributed by atoms with Gasteiger partial charge in [0.2, 0.25) is 0 Å². The van der Waals surface area contributed by atoms with Crippen LogP contribution in [0.5, 0.6) is 0 Å². The first-order valence-corrected chi connectivity index (χ1v) is 6.19. The van der Waals surface area contributed by atoms with Crippen LogP contribution in [0.1, 0.15) is 44.9 Å². The summed E-state index contributed by atoms with van der Waals surface area (Å²) in [5.41, 5.74) is 0. The number of hydrogen-bond acceptors (Lipinski definition) is 1. The van der Waals surface area contributed by atoms with Crippen molar-refractivity contribution in [3.8, 4) is 0 Å². The highest BCUT2D eigenvalue weighted by Gasteiger charge is 2.34. The van der Waals surface area contributed by atoms with E-state index < -0.39 is 0 Å². The second kappa shape index (κ2) is 4.97. The Morgan fingerprint density at radius 1 is 1.00 bits per heavy atom. The molecule has 0 saturated heterocycles. The summed E-state index contributed by atoms with van der Waals surface area (Å²) in [5.74, 6) is 2.86. The van der Waals surface area contributed by atoms with E-state index in [1.54, 1.807) is 0 Å². The molecular weight excluding hydrogens is 172 g/mol. The fourth-order valence-electron chi connectivity index (χ4n) is 3.10. The molecule has 3 unspecified atom stereocenters. The van der Waals surface area contributed by atoms with Crippen molar-refractivity contribution in [3.05, 3.63) is 12.2 Å². The summed E-state index contributed by atoms with van der Waals surface area (Å²) in [4.78, 5) is 0. The fraction of sp³-hybridized carbons (Fsp3) is 0.846. The summed E-state index contributed by atoms with van der Waals surface area (Å²) in [6.45, 7) is 0.372. The van der Waals surface area contributed by atoms with Crippen LogP contribution in [-0.4, -0.2) is 11.7 Å². The lowest BCUT2D eigenvalue weighted by Crippen LogP contribution is -2.06. The smallest absolute Gasteiger partial charge is 0.0431 e. The van der Waals surface area contributed by atoms with Crippen LogP contribution in [0.25, 0.3) is 0 Å². The van der Waals surface area contributed by atoms with Crippen LogP contribution in [0.2, 0.25) is 0 Å². The Kier molecular flexibility index (Phi) is 3.63. The lowest BCUT2D eigenvalue weighted by molar-refractivity contribution is 0.281. The minimum atomic E-state index is 0.372. The second-order valence-corrected chi connectivity index (χ2v) is 4.97. The third kappa shape index (κ3) is 2.38. The largest absolute Gasteiger partial charge is 0.396 e. The van der Waals surface area contributed by atoms with Crippen LogP contribution in [0.3, 0.4) is 0 Å². The Morgan fingerprint density at radius 2 is 1.86 bits per heavy atom. The Morgan fingerprint density at radius 3 is 2.50 bits per heavy atom. The zero-order valence-corrected chi connectivity index (χ0v) is 8.99. The van der Waals surface area contributed by atoms with Gasteiger partial charge in [0.1, 0.15) is 0 Å². The van der Waals surface area contributed by atoms with Crippen molar-refractivity contribution in [2.75, 3.05) is 6.61 Å². The lowest BCUT2D eigenvalue weighted by Gasteiger charge is -2.17. The molecule has 3 atom stereocenters. The Balaban J connectivity index is 1.56. The van der Waals surface area contributed by atoms with Crippen molar-refractivity contribution in [2.24, 2.45) is 17.8 Å². The molecule has 2 aliphatic carbocycles. The highest BCUT2D eigenvalue weighted by Crippen LogP contribution is 2.45. The Labute approximate surface area is 87.2 Å². The summed E-state index contributed by atoms with van der Waals surface area (Å²) >= 11 is 0. The minimum absolute atomic E-state index is 0.372. The third-order valence-electron chi connectivity index (χ3n) is 3.90. The van der Waals surface area contributed by atoms with E-state index in [0.717, 1.165) is 24.2 Å². The zero-order chi connectivity index (χ0) is 9.80. The molecule has 2 rings (SSSR count). The molecule has 0 amide bonds. The first-order chi connectivity index (χ1) is 6.90. The number of rotatable bonds is 6. The van der Waals surface area contributed by atoms with E-state index in [1.165, 1.54) is 38.5 Å². The van der Waals surface area contributed by atoms with Gasteiger partial charge in [-0.1, -0.05) is 31.4 Å². The highest BCUT2D eigenvalue weighted by molar-refractivity contribution is 5.09. The van der Waals surface area contributed by atoms with Crippen molar-refractivity contribution in [3.63, 3.8) is 0 Å². The number of aliphatic hydroxyl groups is 1. The van der Waals surface area contributed by atoms with E-state index >= 15 is 0 Å². The Bertz CT molecular complexity index is 197. The number of aliphatic hydroxyl groups excluding tert-OH is 1. The summed E-state index contributed by atoms with van der Waals surface area (Å²) in [6.07, 6.45) is 14.1. The molecule has 1 saturated carbocycles. The molecule has 2 aliphatic rings. The standard InChI is InChI=1S/C13H22O/c14-8-4-2-1-3-5-12-9-11-6-7-13(12)10-11/h6-7,11-14H,1-5,8-10H2. The van der Waals surface area contributed by atoms with E-state index in [2.05, 4.69) is 12.2 Å². The van der Waals surface area contributed by atoms with Crippen LogP contribution in [0.15, 0.2) is 12.2 Å². The van der Waals surface area contributed by atoms with Crippen LogP contribution in [-0.2, 0) is 0 Å². The van der Waals surface area contributed by atoms with E-state index in [9.17, 15) is 0 Å². The molecular formula is C13H22O. The molecule has 1 N–H and O–H groups in total. The molecule has 0 aliphatic heterocycles. The van der Waals surface area contributed by atoms with Gasteiger partial charge in [0, 0.05) is 6.61 Å². The first-order valence-electron chi connectivity index (χ1n) is 6.19. The van der Waals surface area contributed by atoms with Gasteiger partial charge in [-0.25, -0.2) is 0 Å². The van der Waals surface area contributed by atoms with E-state index in [0.29, 0.717) is 6.61 Å². The number of hydrogen-bond donors (Lipinski definition) is 1. The number of fused-ring (bicyclic) bond motifs is 2. The molecule has 0 heterocycles. The predicted molar refractivity (Wildman–Crippen MR) is 59.0 cm³/mol. The first kappa shape index (κ1) is 10.2. The quantitative estimate of drug-likeness (QED) is 0.509. The molecule has 1 nitrogen and oxygen atoms in total. The van der Waals surface area contributed by atoms with Gasteiger partial charge in [-0.15, -0.1) is 0 Å². The van der Waals surface area contributed by atoms with Gasteiger partial charge in [-0.05, 0) is 43.4 Å². The molecule has 0 aromatic carbocycles. The normalized spacial score (nSPS) is 34.2.